The average Bonchev–Trinajstić information content (AvgIpc) is 3.25. The predicted molar refractivity (Wildman–Crippen MR) is 111 cm³/mol. The normalized spacial score (nSPS) is 11.7. The van der Waals surface area contributed by atoms with Gasteiger partial charge < -0.3 is 10.1 Å². The minimum Gasteiger partial charge on any atom is -0.485 e. The average molecular weight is 380 g/mol. The van der Waals surface area contributed by atoms with Crippen LogP contribution in [-0.2, 0) is 6.54 Å². The van der Waals surface area contributed by atoms with Crippen molar-refractivity contribution in [2.75, 3.05) is 0 Å². The second-order valence-corrected chi connectivity index (χ2v) is 7.44. The number of carbonyl (C=O) groups is 1. The highest BCUT2D eigenvalue weighted by Gasteiger charge is 2.15. The summed E-state index contributed by atoms with van der Waals surface area (Å²) in [6.45, 7) is 2.70. The summed E-state index contributed by atoms with van der Waals surface area (Å²) in [4.78, 5) is 13.7. The van der Waals surface area contributed by atoms with Crippen LogP contribution in [0.25, 0.3) is 0 Å². The van der Waals surface area contributed by atoms with Crippen LogP contribution in [0.5, 0.6) is 5.75 Å². The van der Waals surface area contributed by atoms with Crippen LogP contribution < -0.4 is 10.1 Å². The number of hydrogen-bond donors (Lipinski definition) is 1. The van der Waals surface area contributed by atoms with Gasteiger partial charge in [-0.15, -0.1) is 11.3 Å². The molecule has 3 aromatic rings. The maximum absolute atomic E-state index is 12.5. The highest BCUT2D eigenvalue weighted by atomic mass is 32.1. The van der Waals surface area contributed by atoms with E-state index in [-0.39, 0.29) is 12.0 Å². The molecule has 1 atom stereocenters. The van der Waals surface area contributed by atoms with Crippen LogP contribution in [0, 0.1) is 0 Å². The van der Waals surface area contributed by atoms with Crippen molar-refractivity contribution in [1.82, 2.24) is 5.32 Å². The van der Waals surface area contributed by atoms with Gasteiger partial charge >= 0.3 is 0 Å². The Hall–Kier alpha value is -2.59. The first-order chi connectivity index (χ1) is 13.3. The fourth-order valence-electron chi connectivity index (χ4n) is 2.88. The minimum absolute atomic E-state index is 0.0348. The molecule has 1 unspecified atom stereocenters. The number of thiophene rings is 1. The zero-order chi connectivity index (χ0) is 18.9. The Morgan fingerprint density at radius 2 is 1.93 bits per heavy atom. The number of carbonyl (C=O) groups excluding carboxylic acids is 1. The van der Waals surface area contributed by atoms with E-state index < -0.39 is 0 Å². The quantitative estimate of drug-likeness (QED) is 0.496. The molecule has 0 spiro atoms. The number of unbranched alkanes of at least 4 members (excludes halogenated alkanes) is 1. The second-order valence-electron chi connectivity index (χ2n) is 6.46. The van der Waals surface area contributed by atoms with Gasteiger partial charge in [0.1, 0.15) is 11.9 Å². The topological polar surface area (TPSA) is 38.3 Å². The highest BCUT2D eigenvalue weighted by Crippen LogP contribution is 2.30. The number of hydrogen-bond acceptors (Lipinski definition) is 3. The number of benzene rings is 2. The van der Waals surface area contributed by atoms with E-state index in [0.717, 1.165) is 30.6 Å². The van der Waals surface area contributed by atoms with E-state index in [2.05, 4.69) is 29.8 Å². The second kappa shape index (κ2) is 9.93. The van der Waals surface area contributed by atoms with Gasteiger partial charge in [-0.25, -0.2) is 0 Å². The maximum Gasteiger partial charge on any atom is 0.251 e. The molecule has 0 radical (unpaired) electrons. The lowest BCUT2D eigenvalue weighted by Gasteiger charge is -2.18. The van der Waals surface area contributed by atoms with Crippen molar-refractivity contribution in [3.05, 3.63) is 88.1 Å². The van der Waals surface area contributed by atoms with E-state index in [1.54, 1.807) is 11.3 Å². The van der Waals surface area contributed by atoms with E-state index >= 15 is 0 Å². The summed E-state index contributed by atoms with van der Waals surface area (Å²) < 4.78 is 6.24. The van der Waals surface area contributed by atoms with Gasteiger partial charge in [0.05, 0.1) is 0 Å². The van der Waals surface area contributed by atoms with Gasteiger partial charge in [0, 0.05) is 17.0 Å². The Bertz CT molecular complexity index is 831. The molecule has 1 N–H and O–H groups in total. The molecule has 0 saturated carbocycles. The summed E-state index contributed by atoms with van der Waals surface area (Å²) in [7, 11) is 0. The summed E-state index contributed by atoms with van der Waals surface area (Å²) in [5.41, 5.74) is 1.69. The van der Waals surface area contributed by atoms with Gasteiger partial charge in [-0.2, -0.15) is 0 Å². The number of rotatable bonds is 9. The molecule has 3 nitrogen and oxygen atoms in total. The Kier molecular flexibility index (Phi) is 7.05. The Morgan fingerprint density at radius 3 is 2.67 bits per heavy atom. The van der Waals surface area contributed by atoms with Gasteiger partial charge in [0.2, 0.25) is 0 Å². The zero-order valence-corrected chi connectivity index (χ0v) is 16.4. The van der Waals surface area contributed by atoms with Crippen LogP contribution in [0.1, 0.15) is 53.1 Å². The Labute approximate surface area is 165 Å². The molecule has 4 heteroatoms. The Morgan fingerprint density at radius 1 is 1.07 bits per heavy atom. The van der Waals surface area contributed by atoms with E-state index in [4.69, 9.17) is 4.74 Å². The summed E-state index contributed by atoms with van der Waals surface area (Å²) in [5.74, 6) is 0.641. The number of nitrogens with one attached hydrogen (secondary N) is 1. The van der Waals surface area contributed by atoms with E-state index in [0.29, 0.717) is 12.1 Å². The standard InChI is InChI=1S/C23H25NO2S/c1-2-3-13-21(22-14-8-15-27-22)26-20-12-7-11-19(16-20)23(25)24-17-18-9-5-4-6-10-18/h4-12,14-16,21H,2-3,13,17H2,1H3,(H,24,25). The van der Waals surface area contributed by atoms with Crippen LogP contribution in [0.15, 0.2) is 72.1 Å². The molecule has 0 saturated heterocycles. The highest BCUT2D eigenvalue weighted by molar-refractivity contribution is 7.10. The van der Waals surface area contributed by atoms with Crippen molar-refractivity contribution >= 4 is 17.2 Å². The molecule has 2 aromatic carbocycles. The van der Waals surface area contributed by atoms with Gasteiger partial charge in [0.15, 0.2) is 0 Å². The lowest BCUT2D eigenvalue weighted by molar-refractivity contribution is 0.0950. The van der Waals surface area contributed by atoms with Crippen LogP contribution in [0.3, 0.4) is 0 Å². The monoisotopic (exact) mass is 379 g/mol. The van der Waals surface area contributed by atoms with Crippen molar-refractivity contribution in [3.8, 4) is 5.75 Å². The molecule has 27 heavy (non-hydrogen) atoms. The SMILES string of the molecule is CCCCC(Oc1cccc(C(=O)NCc2ccccc2)c1)c1cccs1. The van der Waals surface area contributed by atoms with Crippen molar-refractivity contribution < 1.29 is 9.53 Å². The van der Waals surface area contributed by atoms with E-state index in [1.165, 1.54) is 4.88 Å². The molecule has 140 valence electrons. The molecule has 3 rings (SSSR count). The predicted octanol–water partition coefficient (Wildman–Crippen LogP) is 5.99. The fraction of sp³-hybridized carbons (Fsp3) is 0.261. The van der Waals surface area contributed by atoms with Crippen molar-refractivity contribution in [1.29, 1.82) is 0 Å². The lowest BCUT2D eigenvalue weighted by atomic mass is 10.1. The summed E-state index contributed by atoms with van der Waals surface area (Å²) in [5, 5.41) is 5.04. The Balaban J connectivity index is 1.65. The maximum atomic E-state index is 12.5. The first-order valence-electron chi connectivity index (χ1n) is 9.38. The van der Waals surface area contributed by atoms with Gasteiger partial charge in [0.25, 0.3) is 5.91 Å². The van der Waals surface area contributed by atoms with E-state index in [1.807, 2.05) is 54.6 Å². The fourth-order valence-corrected chi connectivity index (χ4v) is 3.67. The largest absolute Gasteiger partial charge is 0.485 e. The van der Waals surface area contributed by atoms with Crippen molar-refractivity contribution in [2.24, 2.45) is 0 Å². The summed E-state index contributed by atoms with van der Waals surface area (Å²) in [6, 6.07) is 21.5. The molecule has 0 bridgehead atoms. The van der Waals surface area contributed by atoms with E-state index in [9.17, 15) is 4.79 Å². The molecular weight excluding hydrogens is 354 g/mol. The van der Waals surface area contributed by atoms with Gasteiger partial charge in [-0.05, 0) is 48.1 Å². The van der Waals surface area contributed by atoms with Crippen LogP contribution in [0.4, 0.5) is 0 Å². The third kappa shape index (κ3) is 5.69. The smallest absolute Gasteiger partial charge is 0.251 e. The molecular formula is C23H25NO2S. The van der Waals surface area contributed by atoms with Crippen molar-refractivity contribution in [2.45, 2.75) is 38.8 Å². The molecule has 0 aliphatic rings. The molecule has 0 fully saturated rings. The van der Waals surface area contributed by atoms with Crippen LogP contribution >= 0.6 is 11.3 Å². The molecule has 1 amide bonds. The third-order valence-electron chi connectivity index (χ3n) is 4.35. The molecule has 1 aromatic heterocycles. The number of ether oxygens (including phenoxy) is 1. The van der Waals surface area contributed by atoms with Crippen LogP contribution in [-0.4, -0.2) is 5.91 Å². The van der Waals surface area contributed by atoms with Crippen LogP contribution in [0.2, 0.25) is 0 Å². The lowest BCUT2D eigenvalue weighted by Crippen LogP contribution is -2.22. The zero-order valence-electron chi connectivity index (χ0n) is 15.6. The minimum atomic E-state index is -0.0921. The molecule has 0 aliphatic carbocycles. The summed E-state index contributed by atoms with van der Waals surface area (Å²) >= 11 is 1.71. The van der Waals surface area contributed by atoms with Gasteiger partial charge in [-0.1, -0.05) is 55.8 Å². The molecule has 1 heterocycles. The van der Waals surface area contributed by atoms with Crippen molar-refractivity contribution in [3.63, 3.8) is 0 Å². The third-order valence-corrected chi connectivity index (χ3v) is 5.32. The first kappa shape index (κ1) is 19.2. The molecule has 0 aliphatic heterocycles. The number of amides is 1. The summed E-state index contributed by atoms with van der Waals surface area (Å²) in [6.07, 6.45) is 3.25. The first-order valence-corrected chi connectivity index (χ1v) is 10.3. The van der Waals surface area contributed by atoms with Gasteiger partial charge in [-0.3, -0.25) is 4.79 Å².